The molecular formula is C20H24IN7. The van der Waals surface area contributed by atoms with Crippen LogP contribution in [-0.4, -0.2) is 58.5 Å². The van der Waals surface area contributed by atoms with Crippen LogP contribution in [0.3, 0.4) is 0 Å². The van der Waals surface area contributed by atoms with Gasteiger partial charge in [0.1, 0.15) is 0 Å². The number of nitrogens with zero attached hydrogens (tertiary/aromatic N) is 6. The lowest BCUT2D eigenvalue weighted by Crippen LogP contribution is -2.51. The molecule has 8 heteroatoms. The van der Waals surface area contributed by atoms with Gasteiger partial charge in [-0.1, -0.05) is 24.3 Å². The van der Waals surface area contributed by atoms with E-state index in [2.05, 4.69) is 54.0 Å². The Bertz CT molecular complexity index is 919. The van der Waals surface area contributed by atoms with E-state index in [1.54, 1.807) is 12.4 Å². The maximum absolute atomic E-state index is 6.22. The Hall–Kier alpha value is -2.49. The summed E-state index contributed by atoms with van der Waals surface area (Å²) in [6.07, 6.45) is 6.20. The molecule has 1 aliphatic heterocycles. The lowest BCUT2D eigenvalue weighted by Gasteiger charge is -2.35. The molecule has 0 radical (unpaired) electrons. The molecule has 0 amide bonds. The van der Waals surface area contributed by atoms with E-state index in [4.69, 9.17) is 5.73 Å². The highest BCUT2D eigenvalue weighted by molar-refractivity contribution is 14.0. The molecule has 3 aromatic rings. The first-order valence-corrected chi connectivity index (χ1v) is 9.21. The maximum atomic E-state index is 6.22. The van der Waals surface area contributed by atoms with Gasteiger partial charge in [0, 0.05) is 56.7 Å². The van der Waals surface area contributed by atoms with Crippen LogP contribution in [0.1, 0.15) is 5.56 Å². The Morgan fingerprint density at radius 1 is 0.929 bits per heavy atom. The highest BCUT2D eigenvalue weighted by atomic mass is 127. The molecule has 0 unspecified atom stereocenters. The Morgan fingerprint density at radius 2 is 1.64 bits per heavy atom. The third-order valence-electron chi connectivity index (χ3n) is 4.81. The van der Waals surface area contributed by atoms with Crippen LogP contribution in [0.4, 0.5) is 5.95 Å². The van der Waals surface area contributed by atoms with Crippen LogP contribution in [0.15, 0.2) is 60.0 Å². The van der Waals surface area contributed by atoms with E-state index in [0.29, 0.717) is 12.5 Å². The van der Waals surface area contributed by atoms with Gasteiger partial charge >= 0.3 is 0 Å². The highest BCUT2D eigenvalue weighted by Gasteiger charge is 2.19. The molecule has 28 heavy (non-hydrogen) atoms. The first-order chi connectivity index (χ1) is 13.3. The second kappa shape index (κ2) is 9.63. The van der Waals surface area contributed by atoms with Crippen molar-refractivity contribution in [2.45, 2.75) is 6.42 Å². The minimum Gasteiger partial charge on any atom is -0.370 e. The molecule has 3 heterocycles. The van der Waals surface area contributed by atoms with Crippen LogP contribution in [0, 0.1) is 0 Å². The van der Waals surface area contributed by atoms with Gasteiger partial charge in [-0.05, 0) is 24.1 Å². The van der Waals surface area contributed by atoms with Crippen molar-refractivity contribution in [2.75, 3.05) is 37.6 Å². The van der Waals surface area contributed by atoms with Crippen molar-refractivity contribution in [1.82, 2.24) is 19.9 Å². The van der Waals surface area contributed by atoms with Crippen LogP contribution >= 0.6 is 24.0 Å². The van der Waals surface area contributed by atoms with Gasteiger partial charge in [0.05, 0.1) is 5.52 Å². The number of piperazine rings is 1. The lowest BCUT2D eigenvalue weighted by atomic mass is 10.1. The smallest absolute Gasteiger partial charge is 0.225 e. The normalized spacial score (nSPS) is 14.8. The van der Waals surface area contributed by atoms with Crippen LogP contribution in [0.5, 0.6) is 0 Å². The average Bonchev–Trinajstić information content (AvgIpc) is 2.74. The zero-order valence-corrected chi connectivity index (χ0v) is 17.9. The number of anilines is 1. The van der Waals surface area contributed by atoms with Crippen molar-refractivity contribution in [2.24, 2.45) is 10.7 Å². The second-order valence-electron chi connectivity index (χ2n) is 6.51. The van der Waals surface area contributed by atoms with E-state index in [-0.39, 0.29) is 24.0 Å². The first kappa shape index (κ1) is 20.2. The van der Waals surface area contributed by atoms with E-state index < -0.39 is 0 Å². The van der Waals surface area contributed by atoms with Crippen LogP contribution in [0.25, 0.3) is 10.9 Å². The molecule has 0 spiro atoms. The van der Waals surface area contributed by atoms with Crippen LogP contribution in [0.2, 0.25) is 0 Å². The van der Waals surface area contributed by atoms with Gasteiger partial charge in [-0.2, -0.15) is 0 Å². The number of aromatic nitrogens is 3. The quantitative estimate of drug-likeness (QED) is 0.344. The van der Waals surface area contributed by atoms with Crippen molar-refractivity contribution in [3.8, 4) is 0 Å². The van der Waals surface area contributed by atoms with Gasteiger partial charge in [0.2, 0.25) is 5.95 Å². The number of aliphatic imine (C=N–C) groups is 1. The number of hydrogen-bond acceptors (Lipinski definition) is 5. The van der Waals surface area contributed by atoms with Crippen molar-refractivity contribution in [1.29, 1.82) is 0 Å². The molecule has 0 bridgehead atoms. The number of para-hydroxylation sites is 1. The third kappa shape index (κ3) is 4.67. The monoisotopic (exact) mass is 489 g/mol. The van der Waals surface area contributed by atoms with Gasteiger partial charge in [-0.25, -0.2) is 9.97 Å². The Balaban J connectivity index is 0.00000225. The summed E-state index contributed by atoms with van der Waals surface area (Å²) in [4.78, 5) is 22.0. The number of rotatable bonds is 4. The molecule has 4 rings (SSSR count). The summed E-state index contributed by atoms with van der Waals surface area (Å²) < 4.78 is 0. The second-order valence-corrected chi connectivity index (χ2v) is 6.51. The van der Waals surface area contributed by atoms with Crippen LogP contribution < -0.4 is 10.6 Å². The van der Waals surface area contributed by atoms with Gasteiger partial charge in [0.25, 0.3) is 0 Å². The van der Waals surface area contributed by atoms with Gasteiger partial charge in [-0.15, -0.1) is 24.0 Å². The standard InChI is InChI=1S/C20H23N7.HI/c21-19(26-12-14-27(15-13-26)20-24-9-3-10-25-20)23-11-7-17-5-1-4-16-6-2-8-22-18(16)17;/h1-6,8-10H,7,11-15H2,(H2,21,23);1H. The fourth-order valence-corrected chi connectivity index (χ4v) is 3.35. The van der Waals surface area contributed by atoms with Crippen molar-refractivity contribution in [3.05, 3.63) is 60.6 Å². The molecule has 0 atom stereocenters. The molecule has 7 nitrogen and oxygen atoms in total. The largest absolute Gasteiger partial charge is 0.370 e. The van der Waals surface area contributed by atoms with E-state index in [0.717, 1.165) is 49.5 Å². The van der Waals surface area contributed by atoms with E-state index in [9.17, 15) is 0 Å². The fourth-order valence-electron chi connectivity index (χ4n) is 3.35. The van der Waals surface area contributed by atoms with Gasteiger partial charge in [-0.3, -0.25) is 9.98 Å². The van der Waals surface area contributed by atoms with Crippen molar-refractivity contribution >= 4 is 46.8 Å². The summed E-state index contributed by atoms with van der Waals surface area (Å²) in [7, 11) is 0. The molecule has 0 saturated carbocycles. The molecule has 1 aromatic carbocycles. The number of pyridine rings is 1. The topological polar surface area (TPSA) is 83.5 Å². The molecule has 1 saturated heterocycles. The van der Waals surface area contributed by atoms with E-state index >= 15 is 0 Å². The minimum atomic E-state index is 0. The summed E-state index contributed by atoms with van der Waals surface area (Å²) in [6.45, 7) is 3.98. The van der Waals surface area contributed by atoms with Crippen molar-refractivity contribution < 1.29 is 0 Å². The maximum Gasteiger partial charge on any atom is 0.225 e. The fraction of sp³-hybridized carbons (Fsp3) is 0.300. The first-order valence-electron chi connectivity index (χ1n) is 9.21. The SMILES string of the molecule is I.NC(=NCCc1cccc2cccnc12)N1CCN(c2ncccn2)CC1. The predicted octanol–water partition coefficient (Wildman–Crippen LogP) is 2.32. The molecule has 1 fully saturated rings. The lowest BCUT2D eigenvalue weighted by molar-refractivity contribution is 0.378. The molecule has 1 aliphatic rings. The number of guanidine groups is 1. The Kier molecular flexibility index (Phi) is 6.96. The zero-order valence-electron chi connectivity index (χ0n) is 15.6. The number of halogens is 1. The molecule has 2 N–H and O–H groups in total. The summed E-state index contributed by atoms with van der Waals surface area (Å²) in [5.41, 5.74) is 8.47. The number of benzene rings is 1. The predicted molar refractivity (Wildman–Crippen MR) is 123 cm³/mol. The summed E-state index contributed by atoms with van der Waals surface area (Å²) >= 11 is 0. The zero-order chi connectivity index (χ0) is 18.5. The van der Waals surface area contributed by atoms with E-state index in [1.165, 1.54) is 5.56 Å². The minimum absolute atomic E-state index is 0. The van der Waals surface area contributed by atoms with Crippen LogP contribution in [-0.2, 0) is 6.42 Å². The van der Waals surface area contributed by atoms with Gasteiger partial charge < -0.3 is 15.5 Å². The summed E-state index contributed by atoms with van der Waals surface area (Å²) in [6, 6.07) is 12.1. The average molecular weight is 489 g/mol. The number of fused-ring (bicyclic) bond motifs is 1. The summed E-state index contributed by atoms with van der Waals surface area (Å²) in [5, 5.41) is 1.16. The Morgan fingerprint density at radius 3 is 2.43 bits per heavy atom. The molecular weight excluding hydrogens is 465 g/mol. The van der Waals surface area contributed by atoms with Crippen molar-refractivity contribution in [3.63, 3.8) is 0 Å². The highest BCUT2D eigenvalue weighted by Crippen LogP contribution is 2.16. The number of nitrogens with two attached hydrogens (primary N) is 1. The summed E-state index contributed by atoms with van der Waals surface area (Å²) in [5.74, 6) is 1.38. The molecule has 146 valence electrons. The molecule has 0 aliphatic carbocycles. The van der Waals surface area contributed by atoms with Gasteiger partial charge in [0.15, 0.2) is 5.96 Å². The molecule has 2 aromatic heterocycles. The Labute approximate surface area is 181 Å². The third-order valence-corrected chi connectivity index (χ3v) is 4.81. The van der Waals surface area contributed by atoms with E-state index in [1.807, 2.05) is 18.3 Å². The number of hydrogen-bond donors (Lipinski definition) is 1.